The van der Waals surface area contributed by atoms with E-state index in [9.17, 15) is 4.79 Å². The van der Waals surface area contributed by atoms with Crippen LogP contribution in [-0.2, 0) is 17.7 Å². The molecule has 5 heteroatoms. The van der Waals surface area contributed by atoms with Gasteiger partial charge in [-0.3, -0.25) is 0 Å². The number of nitrogens with one attached hydrogen (secondary N) is 1. The molecule has 0 bridgehead atoms. The molecule has 0 aromatic heterocycles. The number of ether oxygens (including phenoxy) is 1. The van der Waals surface area contributed by atoms with Crippen molar-refractivity contribution < 1.29 is 9.53 Å². The number of aliphatic imine (C=N–C) groups is 1. The number of amides is 2. The Kier molecular flexibility index (Phi) is 9.32. The number of rotatable bonds is 7. The molecular weight excluding hydrogens is 386 g/mol. The lowest BCUT2D eigenvalue weighted by Gasteiger charge is -2.29. The molecule has 0 aliphatic carbocycles. The lowest BCUT2D eigenvalue weighted by Crippen LogP contribution is -2.44. The van der Waals surface area contributed by atoms with Crippen molar-refractivity contribution in [2.24, 2.45) is 4.99 Å². The van der Waals surface area contributed by atoms with E-state index in [1.165, 1.54) is 11.1 Å². The van der Waals surface area contributed by atoms with Gasteiger partial charge in [0.15, 0.2) is 0 Å². The number of hydrogen-bond donors (Lipinski definition) is 1. The van der Waals surface area contributed by atoms with Gasteiger partial charge in [0, 0.05) is 18.7 Å². The second kappa shape index (κ2) is 11.9. The maximum atomic E-state index is 12.7. The van der Waals surface area contributed by atoms with Crippen molar-refractivity contribution in [2.45, 2.75) is 47.1 Å². The lowest BCUT2D eigenvalue weighted by molar-refractivity contribution is 0.193. The summed E-state index contributed by atoms with van der Waals surface area (Å²) in [4.78, 5) is 19.3. The second-order valence-corrected chi connectivity index (χ2v) is 7.74. The van der Waals surface area contributed by atoms with Crippen LogP contribution in [0.5, 0.6) is 0 Å². The van der Waals surface area contributed by atoms with Crippen molar-refractivity contribution in [1.82, 2.24) is 10.2 Å². The molecule has 5 nitrogen and oxygen atoms in total. The molecule has 0 fully saturated rings. The monoisotopic (exact) mass is 421 g/mol. The first kappa shape index (κ1) is 24.2. The summed E-state index contributed by atoms with van der Waals surface area (Å²) >= 11 is 0. The molecule has 0 saturated heterocycles. The molecule has 0 atom stereocenters. The fourth-order valence-electron chi connectivity index (χ4n) is 3.43. The molecule has 1 aliphatic heterocycles. The molecule has 1 aromatic rings. The third-order valence-corrected chi connectivity index (χ3v) is 5.24. The van der Waals surface area contributed by atoms with E-state index >= 15 is 0 Å². The van der Waals surface area contributed by atoms with Gasteiger partial charge in [0.1, 0.15) is 0 Å². The van der Waals surface area contributed by atoms with Crippen molar-refractivity contribution in [2.75, 3.05) is 20.2 Å². The summed E-state index contributed by atoms with van der Waals surface area (Å²) in [6.45, 7) is 13.6. The van der Waals surface area contributed by atoms with Gasteiger partial charge >= 0.3 is 6.03 Å². The fourth-order valence-corrected chi connectivity index (χ4v) is 3.43. The summed E-state index contributed by atoms with van der Waals surface area (Å²) in [5.74, 6) is 0.464. The summed E-state index contributed by atoms with van der Waals surface area (Å²) in [6, 6.07) is 8.16. The summed E-state index contributed by atoms with van der Waals surface area (Å²) in [7, 11) is 1.58. The highest BCUT2D eigenvalue weighted by Gasteiger charge is 2.20. The first-order valence-corrected chi connectivity index (χ1v) is 10.8. The molecule has 0 unspecified atom stereocenters. The smallest absolute Gasteiger partial charge is 0.318 e. The van der Waals surface area contributed by atoms with Crippen molar-refractivity contribution in [3.05, 3.63) is 82.6 Å². The Hall–Kier alpha value is -3.08. The topological polar surface area (TPSA) is 53.9 Å². The molecule has 0 spiro atoms. The van der Waals surface area contributed by atoms with E-state index in [4.69, 9.17) is 9.73 Å². The van der Waals surface area contributed by atoms with Gasteiger partial charge in [-0.15, -0.1) is 0 Å². The third kappa shape index (κ3) is 6.99. The standard InChI is InChI=1S/C26H35N3O2/c1-7-11-22(16-19(3)4)25(20(5)8-2)28-24(31-6)17-27-26(30)29-15-14-21-12-9-10-13-23(21)18-29/h7,9-13,16H,3,8,14-15,17-18H2,1-2,4-6H3,(H,27,30)/b11-7-,22-16+,25-20?,28-24?. The average Bonchev–Trinajstić information content (AvgIpc) is 2.77. The van der Waals surface area contributed by atoms with Gasteiger partial charge in [0.2, 0.25) is 5.90 Å². The van der Waals surface area contributed by atoms with Gasteiger partial charge in [0.25, 0.3) is 0 Å². The molecule has 1 aliphatic rings. The van der Waals surface area contributed by atoms with Crippen LogP contribution in [0, 0.1) is 0 Å². The predicted octanol–water partition coefficient (Wildman–Crippen LogP) is 5.56. The molecule has 1 heterocycles. The van der Waals surface area contributed by atoms with Crippen molar-refractivity contribution in [1.29, 1.82) is 0 Å². The Morgan fingerprint density at radius 1 is 1.29 bits per heavy atom. The molecule has 1 N–H and O–H groups in total. The average molecular weight is 422 g/mol. The summed E-state index contributed by atoms with van der Waals surface area (Å²) in [5, 5.41) is 2.96. The number of methoxy groups -OCH3 is 1. The Morgan fingerprint density at radius 2 is 2.00 bits per heavy atom. The number of nitrogens with zero attached hydrogens (tertiary/aromatic N) is 2. The first-order chi connectivity index (χ1) is 14.9. The fraction of sp³-hybridized carbons (Fsp3) is 0.385. The second-order valence-electron chi connectivity index (χ2n) is 7.74. The van der Waals surface area contributed by atoms with Crippen LogP contribution in [-0.4, -0.2) is 37.0 Å². The SMILES string of the molecule is C=C(C)/C=C(\C=C/C)C(N=C(CNC(=O)N1CCc2ccccc2C1)OC)=C(C)CC. The van der Waals surface area contributed by atoms with Crippen LogP contribution in [0.25, 0.3) is 0 Å². The number of urea groups is 1. The summed E-state index contributed by atoms with van der Waals surface area (Å²) in [6.07, 6.45) is 7.74. The Labute approximate surface area is 186 Å². The van der Waals surface area contributed by atoms with Crippen LogP contribution >= 0.6 is 0 Å². The Balaban J connectivity index is 2.16. The van der Waals surface area contributed by atoms with E-state index in [1.807, 2.05) is 49.1 Å². The van der Waals surface area contributed by atoms with Gasteiger partial charge in [0.05, 0.1) is 19.4 Å². The molecule has 2 amide bonds. The normalized spacial score (nSPS) is 15.5. The van der Waals surface area contributed by atoms with E-state index in [-0.39, 0.29) is 12.6 Å². The van der Waals surface area contributed by atoms with Gasteiger partial charge in [-0.2, -0.15) is 0 Å². The molecule has 1 aromatic carbocycles. The number of allylic oxidation sites excluding steroid dienone is 5. The number of hydrogen-bond acceptors (Lipinski definition) is 3. The highest BCUT2D eigenvalue weighted by atomic mass is 16.5. The molecular formula is C26H35N3O2. The maximum Gasteiger partial charge on any atom is 0.318 e. The maximum absolute atomic E-state index is 12.7. The lowest BCUT2D eigenvalue weighted by atomic mass is 10.0. The number of carbonyl (C=O) groups is 1. The van der Waals surface area contributed by atoms with E-state index in [1.54, 1.807) is 7.11 Å². The zero-order valence-electron chi connectivity index (χ0n) is 19.5. The minimum atomic E-state index is -0.108. The minimum absolute atomic E-state index is 0.108. The zero-order valence-corrected chi connectivity index (χ0v) is 19.5. The zero-order chi connectivity index (χ0) is 22.8. The highest BCUT2D eigenvalue weighted by molar-refractivity contribution is 5.85. The molecule has 0 saturated carbocycles. The van der Waals surface area contributed by atoms with E-state index in [0.717, 1.165) is 35.3 Å². The van der Waals surface area contributed by atoms with E-state index in [0.29, 0.717) is 19.0 Å². The molecule has 0 radical (unpaired) electrons. The quantitative estimate of drug-likeness (QED) is 0.356. The molecule has 166 valence electrons. The number of fused-ring (bicyclic) bond motifs is 1. The minimum Gasteiger partial charge on any atom is -0.483 e. The van der Waals surface area contributed by atoms with Crippen molar-refractivity contribution >= 4 is 11.9 Å². The first-order valence-electron chi connectivity index (χ1n) is 10.8. The summed E-state index contributed by atoms with van der Waals surface area (Å²) < 4.78 is 5.51. The molecule has 31 heavy (non-hydrogen) atoms. The van der Waals surface area contributed by atoms with Crippen LogP contribution in [0.3, 0.4) is 0 Å². The number of carbonyl (C=O) groups excluding carboxylic acids is 1. The Morgan fingerprint density at radius 3 is 2.61 bits per heavy atom. The van der Waals surface area contributed by atoms with Crippen molar-refractivity contribution in [3.63, 3.8) is 0 Å². The van der Waals surface area contributed by atoms with Crippen LogP contribution in [0.15, 0.2) is 76.5 Å². The van der Waals surface area contributed by atoms with Gasteiger partial charge in [-0.05, 0) is 50.3 Å². The van der Waals surface area contributed by atoms with Gasteiger partial charge in [-0.25, -0.2) is 9.79 Å². The van der Waals surface area contributed by atoms with Crippen LogP contribution in [0.2, 0.25) is 0 Å². The highest BCUT2D eigenvalue weighted by Crippen LogP contribution is 2.22. The summed E-state index contributed by atoms with van der Waals surface area (Å²) in [5.41, 5.74) is 6.43. The molecule has 2 rings (SSSR count). The largest absolute Gasteiger partial charge is 0.483 e. The van der Waals surface area contributed by atoms with Crippen LogP contribution in [0.4, 0.5) is 4.79 Å². The van der Waals surface area contributed by atoms with Crippen LogP contribution < -0.4 is 5.32 Å². The van der Waals surface area contributed by atoms with Gasteiger partial charge < -0.3 is 15.0 Å². The van der Waals surface area contributed by atoms with Gasteiger partial charge in [-0.1, -0.05) is 61.6 Å². The van der Waals surface area contributed by atoms with E-state index < -0.39 is 0 Å². The predicted molar refractivity (Wildman–Crippen MR) is 129 cm³/mol. The van der Waals surface area contributed by atoms with Crippen LogP contribution in [0.1, 0.15) is 45.2 Å². The Bertz CT molecular complexity index is 922. The third-order valence-electron chi connectivity index (χ3n) is 5.24. The van der Waals surface area contributed by atoms with E-state index in [2.05, 4.69) is 37.9 Å². The van der Waals surface area contributed by atoms with Crippen molar-refractivity contribution in [3.8, 4) is 0 Å². The number of benzene rings is 1.